The van der Waals surface area contributed by atoms with Crippen LogP contribution in [0.2, 0.25) is 0 Å². The molecule has 1 rings (SSSR count). The van der Waals surface area contributed by atoms with Crippen LogP contribution in [0.1, 0.15) is 84.6 Å². The van der Waals surface area contributed by atoms with Crippen LogP contribution in [-0.2, 0) is 14.3 Å². The predicted molar refractivity (Wildman–Crippen MR) is 122 cm³/mol. The molecule has 4 heteroatoms. The summed E-state index contributed by atoms with van der Waals surface area (Å²) in [5.74, 6) is 0.134. The first-order valence-electron chi connectivity index (χ1n) is 11.2. The molecule has 162 valence electrons. The van der Waals surface area contributed by atoms with Crippen molar-refractivity contribution in [2.75, 3.05) is 11.9 Å². The van der Waals surface area contributed by atoms with Gasteiger partial charge in [-0.15, -0.1) is 0 Å². The smallest absolute Gasteiger partial charge is 0.338 e. The van der Waals surface area contributed by atoms with Crippen LogP contribution in [-0.4, -0.2) is 18.5 Å². The number of carbonyl (C=O) groups excluding carboxylic acids is 2. The standard InChI is InChI=1S/C25H39NO3/c1-6-10-12-20(8-3)18-29-25(28)19(5)22-14-16-23(17-15-22)26-24(27)21(9-4)13-11-7-2/h14-17,20-21H,5-13,18H2,1-4H3,(H,26,27). The predicted octanol–water partition coefficient (Wildman–Crippen LogP) is 6.61. The normalized spacial score (nSPS) is 12.8. The maximum Gasteiger partial charge on any atom is 0.338 e. The second-order valence-electron chi connectivity index (χ2n) is 7.81. The highest BCUT2D eigenvalue weighted by Gasteiger charge is 2.17. The molecule has 0 aliphatic rings. The number of esters is 1. The van der Waals surface area contributed by atoms with E-state index in [1.807, 2.05) is 19.1 Å². The Bertz CT molecular complexity index is 636. The van der Waals surface area contributed by atoms with Crippen molar-refractivity contribution < 1.29 is 14.3 Å². The van der Waals surface area contributed by atoms with Gasteiger partial charge in [-0.05, 0) is 42.9 Å². The molecule has 0 spiro atoms. The van der Waals surface area contributed by atoms with Gasteiger partial charge >= 0.3 is 5.97 Å². The number of anilines is 1. The lowest BCUT2D eigenvalue weighted by Gasteiger charge is -2.16. The van der Waals surface area contributed by atoms with E-state index >= 15 is 0 Å². The average Bonchev–Trinajstić information content (AvgIpc) is 2.74. The summed E-state index contributed by atoms with van der Waals surface area (Å²) in [6, 6.07) is 7.24. The number of rotatable bonds is 14. The van der Waals surface area contributed by atoms with E-state index in [2.05, 4.69) is 32.7 Å². The van der Waals surface area contributed by atoms with E-state index in [1.165, 1.54) is 0 Å². The third kappa shape index (κ3) is 8.84. The summed E-state index contributed by atoms with van der Waals surface area (Å²) < 4.78 is 5.48. The maximum absolute atomic E-state index is 12.4. The zero-order valence-electron chi connectivity index (χ0n) is 18.8. The van der Waals surface area contributed by atoms with Crippen molar-refractivity contribution in [3.05, 3.63) is 36.4 Å². The molecule has 0 radical (unpaired) electrons. The number of ether oxygens (including phenoxy) is 1. The van der Waals surface area contributed by atoms with Gasteiger partial charge in [0.1, 0.15) is 0 Å². The first kappa shape index (κ1) is 24.9. The van der Waals surface area contributed by atoms with Gasteiger partial charge in [0.25, 0.3) is 0 Å². The van der Waals surface area contributed by atoms with Gasteiger partial charge in [-0.25, -0.2) is 4.79 Å². The minimum absolute atomic E-state index is 0.0405. The summed E-state index contributed by atoms with van der Waals surface area (Å²) in [5.41, 5.74) is 1.80. The van der Waals surface area contributed by atoms with E-state index in [9.17, 15) is 9.59 Å². The molecule has 2 atom stereocenters. The van der Waals surface area contributed by atoms with Crippen LogP contribution < -0.4 is 5.32 Å². The quantitative estimate of drug-likeness (QED) is 0.282. The summed E-state index contributed by atoms with van der Waals surface area (Å²) in [6.07, 6.45) is 8.29. The maximum atomic E-state index is 12.4. The van der Waals surface area contributed by atoms with E-state index in [0.29, 0.717) is 23.7 Å². The number of carbonyl (C=O) groups is 2. The first-order chi connectivity index (χ1) is 14.0. The lowest BCUT2D eigenvalue weighted by molar-refractivity contribution is -0.138. The highest BCUT2D eigenvalue weighted by Crippen LogP contribution is 2.21. The van der Waals surface area contributed by atoms with Crippen LogP contribution in [0.5, 0.6) is 0 Å². The molecule has 0 aromatic heterocycles. The van der Waals surface area contributed by atoms with Gasteiger partial charge in [0.05, 0.1) is 12.2 Å². The highest BCUT2D eigenvalue weighted by molar-refractivity contribution is 6.15. The molecule has 2 unspecified atom stereocenters. The van der Waals surface area contributed by atoms with Crippen LogP contribution in [0.4, 0.5) is 5.69 Å². The lowest BCUT2D eigenvalue weighted by atomic mass is 9.98. The third-order valence-corrected chi connectivity index (χ3v) is 5.51. The van der Waals surface area contributed by atoms with Crippen molar-refractivity contribution in [1.82, 2.24) is 0 Å². The van der Waals surface area contributed by atoms with Gasteiger partial charge in [0, 0.05) is 11.6 Å². The molecular formula is C25H39NO3. The lowest BCUT2D eigenvalue weighted by Crippen LogP contribution is -2.22. The molecule has 4 nitrogen and oxygen atoms in total. The molecule has 0 saturated heterocycles. The number of benzene rings is 1. The van der Waals surface area contributed by atoms with Crippen LogP contribution in [0.3, 0.4) is 0 Å². The Balaban J connectivity index is 2.60. The van der Waals surface area contributed by atoms with Gasteiger partial charge in [0.2, 0.25) is 5.91 Å². The van der Waals surface area contributed by atoms with Crippen LogP contribution in [0, 0.1) is 11.8 Å². The Morgan fingerprint density at radius 3 is 2.14 bits per heavy atom. The fourth-order valence-electron chi connectivity index (χ4n) is 3.27. The van der Waals surface area contributed by atoms with Gasteiger partial charge in [-0.3, -0.25) is 4.79 Å². The SMILES string of the molecule is C=C(C(=O)OCC(CC)CCCC)c1ccc(NC(=O)C(CC)CCCC)cc1. The Labute approximate surface area is 177 Å². The van der Waals surface area contributed by atoms with E-state index in [4.69, 9.17) is 4.74 Å². The fraction of sp³-hybridized carbons (Fsp3) is 0.600. The van der Waals surface area contributed by atoms with Crippen molar-refractivity contribution in [2.24, 2.45) is 11.8 Å². The van der Waals surface area contributed by atoms with Crippen molar-refractivity contribution in [1.29, 1.82) is 0 Å². The summed E-state index contributed by atoms with van der Waals surface area (Å²) in [4.78, 5) is 24.8. The molecule has 0 heterocycles. The summed E-state index contributed by atoms with van der Waals surface area (Å²) in [6.45, 7) is 12.8. The molecule has 0 aliphatic heterocycles. The second kappa shape index (κ2) is 14.0. The van der Waals surface area contributed by atoms with Crippen molar-refractivity contribution in [3.63, 3.8) is 0 Å². The fourth-order valence-corrected chi connectivity index (χ4v) is 3.27. The largest absolute Gasteiger partial charge is 0.462 e. The summed E-state index contributed by atoms with van der Waals surface area (Å²) in [5, 5.41) is 2.98. The minimum Gasteiger partial charge on any atom is -0.462 e. The Morgan fingerprint density at radius 1 is 0.966 bits per heavy atom. The van der Waals surface area contributed by atoms with Gasteiger partial charge in [-0.2, -0.15) is 0 Å². The van der Waals surface area contributed by atoms with Gasteiger partial charge in [0.15, 0.2) is 0 Å². The molecule has 1 amide bonds. The van der Waals surface area contributed by atoms with Crippen molar-refractivity contribution >= 4 is 23.1 Å². The second-order valence-corrected chi connectivity index (χ2v) is 7.81. The molecule has 0 saturated carbocycles. The molecule has 0 fully saturated rings. The van der Waals surface area contributed by atoms with Crippen molar-refractivity contribution in [3.8, 4) is 0 Å². The average molecular weight is 402 g/mol. The number of hydrogen-bond donors (Lipinski definition) is 1. The Morgan fingerprint density at radius 2 is 1.59 bits per heavy atom. The van der Waals surface area contributed by atoms with Gasteiger partial charge in [-0.1, -0.05) is 78.5 Å². The monoisotopic (exact) mass is 401 g/mol. The number of hydrogen-bond acceptors (Lipinski definition) is 3. The van der Waals surface area contributed by atoms with E-state index in [-0.39, 0.29) is 17.8 Å². The van der Waals surface area contributed by atoms with Gasteiger partial charge < -0.3 is 10.1 Å². The first-order valence-corrected chi connectivity index (χ1v) is 11.2. The van der Waals surface area contributed by atoms with E-state index in [1.54, 1.807) is 12.1 Å². The topological polar surface area (TPSA) is 55.4 Å². The van der Waals surface area contributed by atoms with Crippen LogP contribution in [0.15, 0.2) is 30.8 Å². The molecule has 1 N–H and O–H groups in total. The Hall–Kier alpha value is -2.10. The van der Waals surface area contributed by atoms with Crippen LogP contribution >= 0.6 is 0 Å². The molecule has 29 heavy (non-hydrogen) atoms. The molecule has 0 bridgehead atoms. The van der Waals surface area contributed by atoms with Crippen molar-refractivity contribution in [2.45, 2.75) is 79.1 Å². The third-order valence-electron chi connectivity index (χ3n) is 5.51. The molecule has 0 aliphatic carbocycles. The number of unbranched alkanes of at least 4 members (excludes halogenated alkanes) is 2. The van der Waals surface area contributed by atoms with E-state index in [0.717, 1.165) is 57.1 Å². The molecular weight excluding hydrogens is 362 g/mol. The minimum atomic E-state index is -0.373. The zero-order valence-corrected chi connectivity index (χ0v) is 18.8. The summed E-state index contributed by atoms with van der Waals surface area (Å²) >= 11 is 0. The Kier molecular flexibility index (Phi) is 12.0. The number of amides is 1. The highest BCUT2D eigenvalue weighted by atomic mass is 16.5. The van der Waals surface area contributed by atoms with E-state index < -0.39 is 0 Å². The molecule has 1 aromatic rings. The number of nitrogens with one attached hydrogen (secondary N) is 1. The van der Waals surface area contributed by atoms with Crippen LogP contribution in [0.25, 0.3) is 5.57 Å². The molecule has 1 aromatic carbocycles. The zero-order chi connectivity index (χ0) is 21.6. The summed E-state index contributed by atoms with van der Waals surface area (Å²) in [7, 11) is 0.